The maximum atomic E-state index is 13.4. The zero-order valence-corrected chi connectivity index (χ0v) is 20.6. The molecule has 2 aromatic carbocycles. The summed E-state index contributed by atoms with van der Waals surface area (Å²) in [5.41, 5.74) is 0.388. The number of hydrogen-bond acceptors (Lipinski definition) is 8. The topological polar surface area (TPSA) is 102 Å². The molecule has 2 bridgehead atoms. The second-order valence-electron chi connectivity index (χ2n) is 9.58. The summed E-state index contributed by atoms with van der Waals surface area (Å²) in [5, 5.41) is 1.92. The molecule has 0 spiro atoms. The zero-order valence-electron chi connectivity index (χ0n) is 19.8. The smallest absolute Gasteiger partial charge is 0.243 e. The van der Waals surface area contributed by atoms with Gasteiger partial charge in [-0.05, 0) is 48.6 Å². The van der Waals surface area contributed by atoms with E-state index in [0.717, 1.165) is 36.5 Å². The van der Waals surface area contributed by atoms with E-state index in [1.807, 2.05) is 35.2 Å². The van der Waals surface area contributed by atoms with Gasteiger partial charge in [0.25, 0.3) is 0 Å². The number of fused-ring (bicyclic) bond motifs is 3. The summed E-state index contributed by atoms with van der Waals surface area (Å²) in [4.78, 5) is 23.7. The quantitative estimate of drug-likeness (QED) is 0.449. The normalized spacial score (nSPS) is 24.4. The van der Waals surface area contributed by atoms with Crippen molar-refractivity contribution in [3.05, 3.63) is 60.4 Å². The van der Waals surface area contributed by atoms with Crippen molar-refractivity contribution in [2.75, 3.05) is 31.2 Å². The molecule has 3 fully saturated rings. The number of carbonyl (C=O) groups is 1. The van der Waals surface area contributed by atoms with Gasteiger partial charge in [0.1, 0.15) is 6.61 Å². The SMILES string of the molecule is O=C(COC1CCCCO1)c1cnc(N2C[C@@H]3C[C@H]2CN3S(=O)(=O)c2ccc3ccccc3c2)nc1. The first kappa shape index (κ1) is 23.5. The Bertz CT molecular complexity index is 1370. The van der Waals surface area contributed by atoms with Crippen molar-refractivity contribution in [1.82, 2.24) is 14.3 Å². The Kier molecular flexibility index (Phi) is 6.20. The number of ether oxygens (including phenoxy) is 2. The summed E-state index contributed by atoms with van der Waals surface area (Å²) >= 11 is 0. The molecule has 4 heterocycles. The minimum Gasteiger partial charge on any atom is -0.353 e. The maximum Gasteiger partial charge on any atom is 0.243 e. The van der Waals surface area contributed by atoms with Gasteiger partial charge in [-0.3, -0.25) is 4.79 Å². The molecule has 0 aliphatic carbocycles. The average molecular weight is 509 g/mol. The van der Waals surface area contributed by atoms with Crippen LogP contribution in [0.4, 0.5) is 5.95 Å². The van der Waals surface area contributed by atoms with E-state index < -0.39 is 10.0 Å². The van der Waals surface area contributed by atoms with Gasteiger partial charge in [0.15, 0.2) is 12.1 Å². The Balaban J connectivity index is 1.10. The monoisotopic (exact) mass is 508 g/mol. The van der Waals surface area contributed by atoms with Crippen LogP contribution in [0, 0.1) is 0 Å². The highest BCUT2D eigenvalue weighted by molar-refractivity contribution is 7.89. The molecule has 3 atom stereocenters. The van der Waals surface area contributed by atoms with E-state index in [-0.39, 0.29) is 30.8 Å². The van der Waals surface area contributed by atoms with Crippen molar-refractivity contribution in [2.45, 2.75) is 49.0 Å². The number of anilines is 1. The molecule has 0 amide bonds. The minimum atomic E-state index is -3.60. The number of rotatable bonds is 7. The van der Waals surface area contributed by atoms with Crippen LogP contribution in [0.1, 0.15) is 36.0 Å². The van der Waals surface area contributed by atoms with Crippen LogP contribution in [0.5, 0.6) is 0 Å². The van der Waals surface area contributed by atoms with E-state index in [2.05, 4.69) is 9.97 Å². The first-order chi connectivity index (χ1) is 17.5. The highest BCUT2D eigenvalue weighted by Gasteiger charge is 2.49. The molecule has 0 N–H and O–H groups in total. The molecule has 3 aliphatic heterocycles. The summed E-state index contributed by atoms with van der Waals surface area (Å²) in [5.74, 6) is 0.324. The van der Waals surface area contributed by atoms with Crippen LogP contribution in [0.15, 0.2) is 59.8 Å². The van der Waals surface area contributed by atoms with E-state index >= 15 is 0 Å². The Morgan fingerprint density at radius 2 is 1.83 bits per heavy atom. The third-order valence-electron chi connectivity index (χ3n) is 7.27. The van der Waals surface area contributed by atoms with Crippen LogP contribution in [-0.2, 0) is 19.5 Å². The molecule has 9 nitrogen and oxygen atoms in total. The van der Waals surface area contributed by atoms with Gasteiger partial charge < -0.3 is 14.4 Å². The summed E-state index contributed by atoms with van der Waals surface area (Å²) in [7, 11) is -3.60. The Labute approximate surface area is 210 Å². The number of benzene rings is 2. The molecule has 6 rings (SSSR count). The number of aromatic nitrogens is 2. The largest absolute Gasteiger partial charge is 0.353 e. The highest BCUT2D eigenvalue weighted by Crippen LogP contribution is 2.37. The fraction of sp³-hybridized carbons (Fsp3) is 0.423. The van der Waals surface area contributed by atoms with Crippen molar-refractivity contribution in [3.8, 4) is 0 Å². The van der Waals surface area contributed by atoms with Crippen LogP contribution < -0.4 is 4.90 Å². The van der Waals surface area contributed by atoms with Gasteiger partial charge in [-0.25, -0.2) is 18.4 Å². The van der Waals surface area contributed by atoms with E-state index in [4.69, 9.17) is 9.47 Å². The van der Waals surface area contributed by atoms with E-state index in [0.29, 0.717) is 36.1 Å². The number of ketones is 1. The van der Waals surface area contributed by atoms with Gasteiger partial charge in [0.05, 0.1) is 10.5 Å². The van der Waals surface area contributed by atoms with Crippen molar-refractivity contribution in [2.24, 2.45) is 0 Å². The third-order valence-corrected chi connectivity index (χ3v) is 9.19. The van der Waals surface area contributed by atoms with Crippen LogP contribution in [-0.4, -0.2) is 73.2 Å². The van der Waals surface area contributed by atoms with Crippen LogP contribution in [0.3, 0.4) is 0 Å². The number of nitrogens with zero attached hydrogens (tertiary/aromatic N) is 4. The first-order valence-corrected chi connectivity index (χ1v) is 13.8. The zero-order chi connectivity index (χ0) is 24.7. The molecule has 188 valence electrons. The summed E-state index contributed by atoms with van der Waals surface area (Å²) in [6.45, 7) is 1.50. The third kappa shape index (κ3) is 4.39. The van der Waals surface area contributed by atoms with Crippen molar-refractivity contribution in [3.63, 3.8) is 0 Å². The van der Waals surface area contributed by atoms with Gasteiger partial charge in [-0.15, -0.1) is 0 Å². The molecule has 0 saturated carbocycles. The minimum absolute atomic E-state index is 0.00133. The molecule has 1 aromatic heterocycles. The molecule has 36 heavy (non-hydrogen) atoms. The Hall–Kier alpha value is -2.92. The molecule has 3 saturated heterocycles. The number of sulfonamides is 1. The second kappa shape index (κ2) is 9.51. The predicted molar refractivity (Wildman–Crippen MR) is 133 cm³/mol. The molecule has 10 heteroatoms. The molecule has 3 aliphatic rings. The van der Waals surface area contributed by atoms with Gasteiger partial charge >= 0.3 is 0 Å². The fourth-order valence-corrected chi connectivity index (χ4v) is 7.04. The van der Waals surface area contributed by atoms with Crippen LogP contribution in [0.25, 0.3) is 10.8 Å². The lowest BCUT2D eigenvalue weighted by Crippen LogP contribution is -2.49. The molecule has 1 unspecified atom stereocenters. The second-order valence-corrected chi connectivity index (χ2v) is 11.5. The molecular weight excluding hydrogens is 480 g/mol. The van der Waals surface area contributed by atoms with Gasteiger partial charge in [0, 0.05) is 44.2 Å². The van der Waals surface area contributed by atoms with Gasteiger partial charge in [-0.2, -0.15) is 4.31 Å². The maximum absolute atomic E-state index is 13.4. The van der Waals surface area contributed by atoms with Crippen molar-refractivity contribution >= 4 is 32.5 Å². The van der Waals surface area contributed by atoms with E-state index in [9.17, 15) is 13.2 Å². The van der Waals surface area contributed by atoms with Crippen LogP contribution in [0.2, 0.25) is 0 Å². The summed E-state index contributed by atoms with van der Waals surface area (Å²) in [6.07, 6.45) is 6.30. The standard InChI is InChI=1S/C26H28N4O5S/c31-24(17-35-25-7-3-4-10-34-25)20-13-27-26(28-14-20)29-15-22-12-21(29)16-30(22)36(32,33)23-9-8-18-5-1-2-6-19(18)11-23/h1-2,5-6,8-9,11,13-14,21-22,25H,3-4,7,10,12,15-17H2/t21-,22-,25?/m0/s1. The number of Topliss-reactive ketones (excluding diaryl/α,β-unsaturated/α-hetero) is 1. The number of carbonyl (C=O) groups excluding carboxylic acids is 1. The lowest BCUT2D eigenvalue weighted by atomic mass is 10.1. The average Bonchev–Trinajstić information content (AvgIpc) is 3.54. The summed E-state index contributed by atoms with van der Waals surface area (Å²) in [6, 6.07) is 12.9. The number of hydrogen-bond donors (Lipinski definition) is 0. The summed E-state index contributed by atoms with van der Waals surface area (Å²) < 4.78 is 39.5. The van der Waals surface area contributed by atoms with Gasteiger partial charge in [0.2, 0.25) is 16.0 Å². The lowest BCUT2D eigenvalue weighted by molar-refractivity contribution is -0.155. The van der Waals surface area contributed by atoms with E-state index in [1.54, 1.807) is 16.4 Å². The lowest BCUT2D eigenvalue weighted by Gasteiger charge is -2.33. The van der Waals surface area contributed by atoms with Crippen molar-refractivity contribution in [1.29, 1.82) is 0 Å². The van der Waals surface area contributed by atoms with E-state index in [1.165, 1.54) is 12.4 Å². The Morgan fingerprint density at radius 1 is 1.03 bits per heavy atom. The fourth-order valence-electron chi connectivity index (χ4n) is 5.34. The number of piperazine rings is 1. The van der Waals surface area contributed by atoms with Gasteiger partial charge in [-0.1, -0.05) is 30.3 Å². The highest BCUT2D eigenvalue weighted by atomic mass is 32.2. The van der Waals surface area contributed by atoms with Crippen molar-refractivity contribution < 1.29 is 22.7 Å². The predicted octanol–water partition coefficient (Wildman–Crippen LogP) is 3.01. The first-order valence-electron chi connectivity index (χ1n) is 12.3. The molecule has 3 aromatic rings. The molecule has 0 radical (unpaired) electrons. The Morgan fingerprint density at radius 3 is 2.56 bits per heavy atom. The van der Waals surface area contributed by atoms with Crippen LogP contribution >= 0.6 is 0 Å². The molecular formula is C26H28N4O5S.